The van der Waals surface area contributed by atoms with Gasteiger partial charge in [0.15, 0.2) is 17.6 Å². The highest BCUT2D eigenvalue weighted by molar-refractivity contribution is 5.80. The number of pyridine rings is 2. The Balaban J connectivity index is 1.27. The molecule has 0 spiro atoms. The van der Waals surface area contributed by atoms with Crippen LogP contribution < -0.4 is 20.3 Å². The second-order valence-electron chi connectivity index (χ2n) is 7.57. The van der Waals surface area contributed by atoms with Gasteiger partial charge in [-0.3, -0.25) is 4.99 Å². The normalized spacial score (nSPS) is 19.3. The molecule has 0 radical (unpaired) electrons. The van der Waals surface area contributed by atoms with Crippen LogP contribution in [-0.4, -0.2) is 48.7 Å². The van der Waals surface area contributed by atoms with Crippen molar-refractivity contribution >= 4 is 11.8 Å². The highest BCUT2D eigenvalue weighted by atomic mass is 19.1. The summed E-state index contributed by atoms with van der Waals surface area (Å²) in [6, 6.07) is 7.16. The van der Waals surface area contributed by atoms with E-state index < -0.39 is 0 Å². The van der Waals surface area contributed by atoms with Crippen molar-refractivity contribution in [2.75, 3.05) is 31.6 Å². The van der Waals surface area contributed by atoms with Crippen LogP contribution in [0.1, 0.15) is 24.8 Å². The van der Waals surface area contributed by atoms with E-state index in [1.54, 1.807) is 25.5 Å². The zero-order valence-corrected chi connectivity index (χ0v) is 16.6. The van der Waals surface area contributed by atoms with Gasteiger partial charge in [0.05, 0.1) is 6.61 Å². The average Bonchev–Trinajstić information content (AvgIpc) is 3.47. The first-order valence-corrected chi connectivity index (χ1v) is 10.1. The lowest BCUT2D eigenvalue weighted by molar-refractivity contribution is 0.288. The van der Waals surface area contributed by atoms with Gasteiger partial charge >= 0.3 is 0 Å². The smallest absolute Gasteiger partial charge is 0.213 e. The average molecular weight is 398 g/mol. The Morgan fingerprint density at radius 2 is 2.17 bits per heavy atom. The minimum atomic E-state index is -0.284. The van der Waals surface area contributed by atoms with Crippen LogP contribution in [0.4, 0.5) is 10.2 Å². The fraction of sp³-hybridized carbons (Fsp3) is 0.476. The summed E-state index contributed by atoms with van der Waals surface area (Å²) >= 11 is 0. The maximum absolute atomic E-state index is 14.0. The summed E-state index contributed by atoms with van der Waals surface area (Å²) in [5.74, 6) is 2.22. The molecule has 4 rings (SSSR count). The predicted octanol–water partition coefficient (Wildman–Crippen LogP) is 2.35. The number of halogens is 1. The maximum atomic E-state index is 14.0. The third-order valence-corrected chi connectivity index (χ3v) is 5.21. The lowest BCUT2D eigenvalue weighted by atomic mass is 10.2. The van der Waals surface area contributed by atoms with Crippen LogP contribution in [-0.2, 0) is 6.54 Å². The van der Waals surface area contributed by atoms with E-state index >= 15 is 0 Å². The Bertz CT molecular complexity index is 857. The molecule has 2 aromatic rings. The highest BCUT2D eigenvalue weighted by Gasteiger charge is 2.26. The van der Waals surface area contributed by atoms with Crippen molar-refractivity contribution in [3.05, 3.63) is 48.0 Å². The summed E-state index contributed by atoms with van der Waals surface area (Å²) in [4.78, 5) is 14.7. The molecule has 1 saturated heterocycles. The van der Waals surface area contributed by atoms with Gasteiger partial charge < -0.3 is 20.3 Å². The van der Waals surface area contributed by atoms with Crippen molar-refractivity contribution in [3.8, 4) is 5.88 Å². The summed E-state index contributed by atoms with van der Waals surface area (Å²) in [5, 5.41) is 6.75. The third kappa shape index (κ3) is 5.34. The van der Waals surface area contributed by atoms with E-state index in [1.807, 2.05) is 17.0 Å². The van der Waals surface area contributed by atoms with Gasteiger partial charge in [0.1, 0.15) is 0 Å². The molecule has 154 valence electrons. The molecule has 0 bridgehead atoms. The number of guanidine groups is 1. The van der Waals surface area contributed by atoms with Gasteiger partial charge in [-0.05, 0) is 48.9 Å². The first kappa shape index (κ1) is 19.4. The largest absolute Gasteiger partial charge is 0.477 e. The van der Waals surface area contributed by atoms with Crippen LogP contribution in [0.3, 0.4) is 0 Å². The van der Waals surface area contributed by atoms with Crippen molar-refractivity contribution in [3.63, 3.8) is 0 Å². The van der Waals surface area contributed by atoms with Crippen molar-refractivity contribution in [1.82, 2.24) is 20.6 Å². The van der Waals surface area contributed by atoms with Crippen LogP contribution in [0.5, 0.6) is 5.88 Å². The molecule has 2 aliphatic rings. The number of hydrogen-bond acceptors (Lipinski definition) is 5. The number of ether oxygens (including phenoxy) is 1. The standard InChI is InChI=1S/C21H27FN6O/c1-23-21(26-12-16-6-9-24-19(11-16)29-14-15-4-5-15)27-17-7-10-28(13-17)20-18(22)3-2-8-25-20/h2-3,6,8-9,11,15,17H,4-5,7,10,12-14H2,1H3,(H2,23,26,27). The van der Waals surface area contributed by atoms with E-state index in [0.29, 0.717) is 30.7 Å². The summed E-state index contributed by atoms with van der Waals surface area (Å²) in [5.41, 5.74) is 1.08. The van der Waals surface area contributed by atoms with Crippen molar-refractivity contribution < 1.29 is 9.13 Å². The van der Waals surface area contributed by atoms with Crippen LogP contribution in [0.15, 0.2) is 41.7 Å². The zero-order valence-electron chi connectivity index (χ0n) is 16.6. The number of rotatable bonds is 7. The second-order valence-corrected chi connectivity index (χ2v) is 7.57. The van der Waals surface area contributed by atoms with Crippen LogP contribution >= 0.6 is 0 Å². The summed E-state index contributed by atoms with van der Waals surface area (Å²) in [6.07, 6.45) is 6.80. The minimum absolute atomic E-state index is 0.178. The molecule has 7 nitrogen and oxygen atoms in total. The van der Waals surface area contributed by atoms with Crippen LogP contribution in [0.2, 0.25) is 0 Å². The molecule has 3 heterocycles. The Labute approximate surface area is 170 Å². The quantitative estimate of drug-likeness (QED) is 0.551. The number of aliphatic imine (C=N–C) groups is 1. The van der Waals surface area contributed by atoms with Crippen LogP contribution in [0.25, 0.3) is 0 Å². The number of hydrogen-bond donors (Lipinski definition) is 2. The predicted molar refractivity (Wildman–Crippen MR) is 111 cm³/mol. The fourth-order valence-electron chi connectivity index (χ4n) is 3.38. The zero-order chi connectivity index (χ0) is 20.1. The van der Waals surface area contributed by atoms with Gasteiger partial charge in [-0.1, -0.05) is 0 Å². The van der Waals surface area contributed by atoms with E-state index in [2.05, 4.69) is 25.6 Å². The first-order valence-electron chi connectivity index (χ1n) is 10.1. The van der Waals surface area contributed by atoms with Crippen molar-refractivity contribution in [1.29, 1.82) is 0 Å². The Kier molecular flexibility index (Phi) is 6.07. The van der Waals surface area contributed by atoms with Crippen molar-refractivity contribution in [2.24, 2.45) is 10.9 Å². The van der Waals surface area contributed by atoms with Crippen molar-refractivity contribution in [2.45, 2.75) is 31.8 Å². The summed E-state index contributed by atoms with van der Waals surface area (Å²) in [7, 11) is 1.75. The molecule has 2 fully saturated rings. The number of anilines is 1. The maximum Gasteiger partial charge on any atom is 0.213 e. The van der Waals surface area contributed by atoms with Gasteiger partial charge in [-0.2, -0.15) is 0 Å². The third-order valence-electron chi connectivity index (χ3n) is 5.21. The first-order chi connectivity index (χ1) is 14.2. The molecular weight excluding hydrogens is 371 g/mol. The van der Waals surface area contributed by atoms with E-state index in [9.17, 15) is 4.39 Å². The number of nitrogens with one attached hydrogen (secondary N) is 2. The fourth-order valence-corrected chi connectivity index (χ4v) is 3.38. The topological polar surface area (TPSA) is 74.7 Å². The SMILES string of the molecule is CN=C(NCc1ccnc(OCC2CC2)c1)NC1CCN(c2ncccc2F)C1. The lowest BCUT2D eigenvalue weighted by Crippen LogP contribution is -2.44. The lowest BCUT2D eigenvalue weighted by Gasteiger charge is -2.20. The molecule has 0 amide bonds. The van der Waals surface area contributed by atoms with Crippen LogP contribution in [0, 0.1) is 11.7 Å². The van der Waals surface area contributed by atoms with E-state index in [4.69, 9.17) is 4.74 Å². The van der Waals surface area contributed by atoms with Gasteiger partial charge in [0, 0.05) is 51.2 Å². The Morgan fingerprint density at radius 1 is 1.28 bits per heavy atom. The monoisotopic (exact) mass is 398 g/mol. The van der Waals surface area contributed by atoms with Gasteiger partial charge in [0.25, 0.3) is 0 Å². The number of aromatic nitrogens is 2. The van der Waals surface area contributed by atoms with Gasteiger partial charge in [-0.15, -0.1) is 0 Å². The molecule has 1 unspecified atom stereocenters. The summed E-state index contributed by atoms with van der Waals surface area (Å²) in [6.45, 7) is 2.81. The molecular formula is C21H27FN6O. The summed E-state index contributed by atoms with van der Waals surface area (Å²) < 4.78 is 19.7. The molecule has 2 aromatic heterocycles. The molecule has 1 aliphatic heterocycles. The molecule has 29 heavy (non-hydrogen) atoms. The minimum Gasteiger partial charge on any atom is -0.477 e. The van der Waals surface area contributed by atoms with E-state index in [1.165, 1.54) is 18.9 Å². The van der Waals surface area contributed by atoms with E-state index in [0.717, 1.165) is 31.1 Å². The highest BCUT2D eigenvalue weighted by Crippen LogP contribution is 2.29. The van der Waals surface area contributed by atoms with E-state index in [-0.39, 0.29) is 11.9 Å². The molecule has 2 N–H and O–H groups in total. The second kappa shape index (κ2) is 9.07. The molecule has 1 atom stereocenters. The molecule has 1 aliphatic carbocycles. The Morgan fingerprint density at radius 3 is 2.97 bits per heavy atom. The molecule has 8 heteroatoms. The van der Waals surface area contributed by atoms with Gasteiger partial charge in [0.2, 0.25) is 5.88 Å². The molecule has 1 saturated carbocycles. The van der Waals surface area contributed by atoms with Gasteiger partial charge in [-0.25, -0.2) is 14.4 Å². The number of nitrogens with zero attached hydrogens (tertiary/aromatic N) is 4. The Hall–Kier alpha value is -2.90. The molecule has 0 aromatic carbocycles.